The zero-order valence-electron chi connectivity index (χ0n) is 10.4. The molecule has 0 atom stereocenters. The van der Waals surface area contributed by atoms with E-state index in [-0.39, 0.29) is 0 Å². The van der Waals surface area contributed by atoms with E-state index in [1.807, 2.05) is 0 Å². The fourth-order valence-corrected chi connectivity index (χ4v) is 3.52. The number of fused-ring (bicyclic) bond motifs is 1. The van der Waals surface area contributed by atoms with Crippen molar-refractivity contribution >= 4 is 0 Å². The van der Waals surface area contributed by atoms with Crippen LogP contribution in [0.2, 0.25) is 0 Å². The molecule has 90 valence electrons. The molecule has 0 bridgehead atoms. The van der Waals surface area contributed by atoms with Crippen LogP contribution in [0.1, 0.15) is 36.8 Å². The minimum atomic E-state index is 0.721. The summed E-state index contributed by atoms with van der Waals surface area (Å²) in [6, 6.07) is 10.6. The maximum Gasteiger partial charge on any atom is 0.0151 e. The number of hydrogen-bond donors (Lipinski definition) is 1. The third kappa shape index (κ3) is 2.01. The smallest absolute Gasteiger partial charge is 0.0151 e. The van der Waals surface area contributed by atoms with Gasteiger partial charge in [0.25, 0.3) is 0 Å². The van der Waals surface area contributed by atoms with E-state index in [1.165, 1.54) is 38.5 Å². The summed E-state index contributed by atoms with van der Waals surface area (Å²) < 4.78 is 0. The first-order valence-corrected chi connectivity index (χ1v) is 7.23. The Hall–Kier alpha value is -0.820. The molecule has 17 heavy (non-hydrogen) atoms. The maximum atomic E-state index is 3.99. The number of hydrogen-bond acceptors (Lipinski definition) is 1. The van der Waals surface area contributed by atoms with Crippen molar-refractivity contribution in [1.82, 2.24) is 5.32 Å². The van der Waals surface area contributed by atoms with E-state index in [1.54, 1.807) is 11.1 Å². The van der Waals surface area contributed by atoms with Crippen LogP contribution in [0.3, 0.4) is 0 Å². The van der Waals surface area contributed by atoms with Gasteiger partial charge in [-0.05, 0) is 61.5 Å². The van der Waals surface area contributed by atoms with Gasteiger partial charge in [0.15, 0.2) is 0 Å². The van der Waals surface area contributed by atoms with Crippen molar-refractivity contribution in [3.63, 3.8) is 0 Å². The fourth-order valence-electron chi connectivity index (χ4n) is 3.52. The van der Waals surface area contributed by atoms with E-state index in [0.717, 1.165) is 23.9 Å². The Morgan fingerprint density at radius 1 is 0.882 bits per heavy atom. The molecule has 0 radical (unpaired) electrons. The summed E-state index contributed by atoms with van der Waals surface area (Å²) in [4.78, 5) is 0. The summed E-state index contributed by atoms with van der Waals surface area (Å²) in [5.74, 6) is 2.04. The molecule has 1 N–H and O–H groups in total. The zero-order chi connectivity index (χ0) is 11.2. The first-order valence-electron chi connectivity index (χ1n) is 7.23. The Morgan fingerprint density at radius 3 is 1.88 bits per heavy atom. The molecule has 0 saturated heterocycles. The van der Waals surface area contributed by atoms with E-state index in [4.69, 9.17) is 0 Å². The summed E-state index contributed by atoms with van der Waals surface area (Å²) in [6.45, 7) is 0. The molecule has 0 aromatic heterocycles. The SMILES string of the molecule is c1ccc2c(c1)CC(NC(C1CC1)C1CC1)C2. The second-order valence-corrected chi connectivity index (χ2v) is 6.24. The second kappa shape index (κ2) is 3.84. The van der Waals surface area contributed by atoms with Gasteiger partial charge in [0.05, 0.1) is 0 Å². The van der Waals surface area contributed by atoms with Gasteiger partial charge in [-0.25, -0.2) is 0 Å². The lowest BCUT2D eigenvalue weighted by molar-refractivity contribution is 0.366. The zero-order valence-corrected chi connectivity index (χ0v) is 10.4. The monoisotopic (exact) mass is 227 g/mol. The summed E-state index contributed by atoms with van der Waals surface area (Å²) in [5, 5.41) is 3.99. The minimum Gasteiger partial charge on any atom is -0.310 e. The first kappa shape index (κ1) is 10.1. The highest BCUT2D eigenvalue weighted by molar-refractivity contribution is 5.33. The Bertz CT molecular complexity index is 380. The van der Waals surface area contributed by atoms with Gasteiger partial charge >= 0.3 is 0 Å². The van der Waals surface area contributed by atoms with Crippen molar-refractivity contribution < 1.29 is 0 Å². The van der Waals surface area contributed by atoms with Crippen LogP contribution in [0.15, 0.2) is 24.3 Å². The number of nitrogens with one attached hydrogen (secondary N) is 1. The van der Waals surface area contributed by atoms with E-state index in [0.29, 0.717) is 0 Å². The Kier molecular flexibility index (Phi) is 2.29. The van der Waals surface area contributed by atoms with Gasteiger partial charge < -0.3 is 5.32 Å². The number of benzene rings is 1. The molecule has 0 aliphatic heterocycles. The van der Waals surface area contributed by atoms with Crippen molar-refractivity contribution in [3.05, 3.63) is 35.4 Å². The lowest BCUT2D eigenvalue weighted by atomic mass is 10.1. The number of rotatable bonds is 4. The summed E-state index contributed by atoms with van der Waals surface area (Å²) >= 11 is 0. The molecule has 2 saturated carbocycles. The van der Waals surface area contributed by atoms with E-state index in [9.17, 15) is 0 Å². The van der Waals surface area contributed by atoms with Gasteiger partial charge in [-0.3, -0.25) is 0 Å². The molecule has 1 aromatic rings. The Morgan fingerprint density at radius 2 is 1.41 bits per heavy atom. The average molecular weight is 227 g/mol. The third-order valence-electron chi connectivity index (χ3n) is 4.74. The van der Waals surface area contributed by atoms with Crippen molar-refractivity contribution in [3.8, 4) is 0 Å². The molecule has 0 spiro atoms. The minimum absolute atomic E-state index is 0.721. The van der Waals surface area contributed by atoms with Crippen molar-refractivity contribution in [2.75, 3.05) is 0 Å². The second-order valence-electron chi connectivity index (χ2n) is 6.24. The molecule has 1 nitrogen and oxygen atoms in total. The van der Waals surface area contributed by atoms with Crippen molar-refractivity contribution in [2.45, 2.75) is 50.6 Å². The summed E-state index contributed by atoms with van der Waals surface area (Å²) in [7, 11) is 0. The highest BCUT2D eigenvalue weighted by atomic mass is 15.0. The molecule has 0 unspecified atom stereocenters. The van der Waals surface area contributed by atoms with Crippen LogP contribution in [0, 0.1) is 11.8 Å². The van der Waals surface area contributed by atoms with Crippen molar-refractivity contribution in [2.24, 2.45) is 11.8 Å². The maximum absolute atomic E-state index is 3.99. The third-order valence-corrected chi connectivity index (χ3v) is 4.74. The quantitative estimate of drug-likeness (QED) is 0.834. The van der Waals surface area contributed by atoms with E-state index >= 15 is 0 Å². The molecule has 3 aliphatic carbocycles. The lowest BCUT2D eigenvalue weighted by Gasteiger charge is -2.22. The fraction of sp³-hybridized carbons (Fsp3) is 0.625. The van der Waals surface area contributed by atoms with Gasteiger partial charge in [-0.2, -0.15) is 0 Å². The molecule has 0 amide bonds. The lowest BCUT2D eigenvalue weighted by Crippen LogP contribution is -2.41. The highest BCUT2D eigenvalue weighted by Crippen LogP contribution is 2.45. The van der Waals surface area contributed by atoms with E-state index in [2.05, 4.69) is 29.6 Å². The molecule has 2 fully saturated rings. The Labute approximate surface area is 104 Å². The van der Waals surface area contributed by atoms with Crippen LogP contribution in [0.4, 0.5) is 0 Å². The van der Waals surface area contributed by atoms with Crippen LogP contribution in [-0.4, -0.2) is 12.1 Å². The van der Waals surface area contributed by atoms with E-state index < -0.39 is 0 Å². The van der Waals surface area contributed by atoms with Crippen LogP contribution < -0.4 is 5.32 Å². The van der Waals surface area contributed by atoms with Gasteiger partial charge in [0.2, 0.25) is 0 Å². The molecule has 3 aliphatic rings. The predicted octanol–water partition coefficient (Wildman–Crippen LogP) is 2.93. The largest absolute Gasteiger partial charge is 0.310 e. The first-order chi connectivity index (χ1) is 8.40. The molecular formula is C16H21N. The van der Waals surface area contributed by atoms with Gasteiger partial charge in [-0.15, -0.1) is 0 Å². The van der Waals surface area contributed by atoms with Gasteiger partial charge in [-0.1, -0.05) is 24.3 Å². The van der Waals surface area contributed by atoms with Crippen molar-refractivity contribution in [1.29, 1.82) is 0 Å². The average Bonchev–Trinajstić information content (AvgIpc) is 3.22. The van der Waals surface area contributed by atoms with Crippen LogP contribution in [-0.2, 0) is 12.8 Å². The topological polar surface area (TPSA) is 12.0 Å². The summed E-state index contributed by atoms with van der Waals surface area (Å²) in [6.07, 6.45) is 8.43. The van der Waals surface area contributed by atoms with Crippen LogP contribution in [0.25, 0.3) is 0 Å². The summed E-state index contributed by atoms with van der Waals surface area (Å²) in [5.41, 5.74) is 3.16. The normalized spacial score (nSPS) is 24.3. The molecule has 1 heteroatoms. The van der Waals surface area contributed by atoms with Crippen LogP contribution >= 0.6 is 0 Å². The molecule has 0 heterocycles. The van der Waals surface area contributed by atoms with Gasteiger partial charge in [0.1, 0.15) is 0 Å². The van der Waals surface area contributed by atoms with Crippen LogP contribution in [0.5, 0.6) is 0 Å². The standard InChI is InChI=1S/C16H21N/c1-2-4-14-10-15(9-13(14)3-1)17-16(11-5-6-11)12-7-8-12/h1-4,11-12,15-17H,5-10H2. The predicted molar refractivity (Wildman–Crippen MR) is 70.0 cm³/mol. The Balaban J connectivity index is 1.44. The molecular weight excluding hydrogens is 206 g/mol. The van der Waals surface area contributed by atoms with Gasteiger partial charge in [0, 0.05) is 12.1 Å². The molecule has 1 aromatic carbocycles. The molecule has 4 rings (SSSR count). The highest BCUT2D eigenvalue weighted by Gasteiger charge is 2.42.